The number of hydrogen-bond acceptors (Lipinski definition) is 1. The molecule has 1 heterocycles. The fourth-order valence-corrected chi connectivity index (χ4v) is 4.32. The Labute approximate surface area is 129 Å². The topological polar surface area (TPSA) is 12.0 Å². The van der Waals surface area contributed by atoms with E-state index in [9.17, 15) is 0 Å². The highest BCUT2D eigenvalue weighted by Crippen LogP contribution is 2.37. The van der Waals surface area contributed by atoms with Crippen molar-refractivity contribution in [2.45, 2.75) is 64.2 Å². The standard InChI is InChI=1S/C20H29N/c1-3-7-15-13-20(16-9-6-12-21-14-16)19-11-5-10-18(19)17(15)8-4-2/h4,13,16,21H,2-3,5-12,14H2,1H3. The van der Waals surface area contributed by atoms with Crippen molar-refractivity contribution in [2.24, 2.45) is 0 Å². The van der Waals surface area contributed by atoms with Gasteiger partial charge in [-0.15, -0.1) is 6.58 Å². The quantitative estimate of drug-likeness (QED) is 0.793. The van der Waals surface area contributed by atoms with E-state index in [-0.39, 0.29) is 0 Å². The third-order valence-corrected chi connectivity index (χ3v) is 5.25. The maximum absolute atomic E-state index is 3.98. The number of fused-ring (bicyclic) bond motifs is 1. The fourth-order valence-electron chi connectivity index (χ4n) is 4.32. The van der Waals surface area contributed by atoms with Gasteiger partial charge in [0.2, 0.25) is 0 Å². The molecule has 1 heteroatoms. The molecule has 0 saturated carbocycles. The predicted octanol–water partition coefficient (Wildman–Crippen LogP) is 4.32. The molecular weight excluding hydrogens is 254 g/mol. The molecule has 0 amide bonds. The van der Waals surface area contributed by atoms with Gasteiger partial charge >= 0.3 is 0 Å². The van der Waals surface area contributed by atoms with Crippen LogP contribution in [0.15, 0.2) is 18.7 Å². The van der Waals surface area contributed by atoms with Gasteiger partial charge in [-0.25, -0.2) is 0 Å². The number of aryl methyl sites for hydroxylation is 1. The summed E-state index contributed by atoms with van der Waals surface area (Å²) >= 11 is 0. The minimum absolute atomic E-state index is 0.749. The normalized spacial score (nSPS) is 21.3. The largest absolute Gasteiger partial charge is 0.316 e. The number of hydrogen-bond donors (Lipinski definition) is 1. The average molecular weight is 283 g/mol. The minimum Gasteiger partial charge on any atom is -0.316 e. The van der Waals surface area contributed by atoms with E-state index in [0.29, 0.717) is 0 Å². The lowest BCUT2D eigenvalue weighted by Crippen LogP contribution is -2.29. The van der Waals surface area contributed by atoms with Crippen LogP contribution in [0.1, 0.15) is 66.3 Å². The number of benzene rings is 1. The molecule has 114 valence electrons. The van der Waals surface area contributed by atoms with Gasteiger partial charge in [-0.1, -0.05) is 25.5 Å². The summed E-state index contributed by atoms with van der Waals surface area (Å²) in [6.45, 7) is 8.67. The predicted molar refractivity (Wildman–Crippen MR) is 91.2 cm³/mol. The van der Waals surface area contributed by atoms with Gasteiger partial charge in [-0.3, -0.25) is 0 Å². The molecule has 1 fully saturated rings. The molecule has 0 bridgehead atoms. The molecule has 0 aromatic heterocycles. The van der Waals surface area contributed by atoms with Gasteiger partial charge in [0, 0.05) is 6.54 Å². The second kappa shape index (κ2) is 6.79. The smallest absolute Gasteiger partial charge is 0.00202 e. The zero-order chi connectivity index (χ0) is 14.7. The van der Waals surface area contributed by atoms with Gasteiger partial charge in [0.25, 0.3) is 0 Å². The molecule has 21 heavy (non-hydrogen) atoms. The second-order valence-electron chi connectivity index (χ2n) is 6.70. The van der Waals surface area contributed by atoms with Crippen LogP contribution in [-0.2, 0) is 25.7 Å². The minimum atomic E-state index is 0.749. The first kappa shape index (κ1) is 14.8. The summed E-state index contributed by atoms with van der Waals surface area (Å²) in [4.78, 5) is 0. The molecule has 1 aromatic carbocycles. The maximum Gasteiger partial charge on any atom is 0.00202 e. The summed E-state index contributed by atoms with van der Waals surface area (Å²) in [6.07, 6.45) is 12.3. The zero-order valence-electron chi connectivity index (χ0n) is 13.5. The van der Waals surface area contributed by atoms with Crippen LogP contribution >= 0.6 is 0 Å². The Hall–Kier alpha value is -1.08. The first-order valence-corrected chi connectivity index (χ1v) is 8.83. The average Bonchev–Trinajstić information content (AvgIpc) is 3.00. The van der Waals surface area contributed by atoms with E-state index in [1.54, 1.807) is 27.8 Å². The Morgan fingerprint density at radius 2 is 2.14 bits per heavy atom. The molecule has 0 spiro atoms. The molecule has 1 unspecified atom stereocenters. The molecule has 1 atom stereocenters. The van der Waals surface area contributed by atoms with Gasteiger partial charge in [0.05, 0.1) is 0 Å². The summed E-state index contributed by atoms with van der Waals surface area (Å²) in [6, 6.07) is 2.57. The Morgan fingerprint density at radius 1 is 1.29 bits per heavy atom. The molecular formula is C20H29N. The molecule has 1 aromatic rings. The van der Waals surface area contributed by atoms with E-state index in [0.717, 1.165) is 12.3 Å². The molecule has 3 rings (SSSR count). The van der Waals surface area contributed by atoms with E-state index in [4.69, 9.17) is 0 Å². The number of nitrogens with one attached hydrogen (secondary N) is 1. The summed E-state index contributed by atoms with van der Waals surface area (Å²) in [5.74, 6) is 0.749. The van der Waals surface area contributed by atoms with E-state index >= 15 is 0 Å². The van der Waals surface area contributed by atoms with Crippen LogP contribution in [-0.4, -0.2) is 13.1 Å². The number of piperidine rings is 1. The Morgan fingerprint density at radius 3 is 2.86 bits per heavy atom. The lowest BCUT2D eigenvalue weighted by atomic mass is 9.82. The van der Waals surface area contributed by atoms with E-state index in [2.05, 4.69) is 31.0 Å². The van der Waals surface area contributed by atoms with Crippen LogP contribution in [0.25, 0.3) is 0 Å². The van der Waals surface area contributed by atoms with Gasteiger partial charge in [-0.2, -0.15) is 0 Å². The molecule has 1 saturated heterocycles. The van der Waals surface area contributed by atoms with Crippen LogP contribution in [0.4, 0.5) is 0 Å². The highest BCUT2D eigenvalue weighted by atomic mass is 14.9. The molecule has 1 nitrogen and oxygen atoms in total. The van der Waals surface area contributed by atoms with E-state index in [1.807, 2.05) is 0 Å². The Bertz CT molecular complexity index is 509. The van der Waals surface area contributed by atoms with Crippen molar-refractivity contribution in [3.05, 3.63) is 46.5 Å². The molecule has 0 radical (unpaired) electrons. The molecule has 1 aliphatic heterocycles. The monoisotopic (exact) mass is 283 g/mol. The number of rotatable bonds is 5. The zero-order valence-corrected chi connectivity index (χ0v) is 13.5. The van der Waals surface area contributed by atoms with Crippen molar-refractivity contribution >= 4 is 0 Å². The van der Waals surface area contributed by atoms with Gasteiger partial charge in [-0.05, 0) is 85.2 Å². The molecule has 2 aliphatic rings. The van der Waals surface area contributed by atoms with E-state index in [1.165, 1.54) is 58.0 Å². The highest BCUT2D eigenvalue weighted by Gasteiger charge is 2.25. The summed E-state index contributed by atoms with van der Waals surface area (Å²) < 4.78 is 0. The van der Waals surface area contributed by atoms with Gasteiger partial charge < -0.3 is 5.32 Å². The lowest BCUT2D eigenvalue weighted by Gasteiger charge is -2.27. The van der Waals surface area contributed by atoms with Crippen LogP contribution in [0.2, 0.25) is 0 Å². The molecule has 1 N–H and O–H groups in total. The van der Waals surface area contributed by atoms with Crippen LogP contribution in [0.5, 0.6) is 0 Å². The van der Waals surface area contributed by atoms with Crippen molar-refractivity contribution in [3.63, 3.8) is 0 Å². The SMILES string of the molecule is C=CCc1c(CCC)cc(C2CCCNC2)c2c1CCC2. The summed E-state index contributed by atoms with van der Waals surface area (Å²) in [7, 11) is 0. The highest BCUT2D eigenvalue weighted by molar-refractivity contribution is 5.51. The third kappa shape index (κ3) is 2.94. The first-order valence-electron chi connectivity index (χ1n) is 8.83. The van der Waals surface area contributed by atoms with Crippen molar-refractivity contribution in [1.82, 2.24) is 5.32 Å². The Kier molecular flexibility index (Phi) is 4.80. The Balaban J connectivity index is 2.05. The van der Waals surface area contributed by atoms with Crippen molar-refractivity contribution in [1.29, 1.82) is 0 Å². The van der Waals surface area contributed by atoms with Crippen LogP contribution < -0.4 is 5.32 Å². The fraction of sp³-hybridized carbons (Fsp3) is 0.600. The second-order valence-corrected chi connectivity index (χ2v) is 6.70. The summed E-state index contributed by atoms with van der Waals surface area (Å²) in [5.41, 5.74) is 8.32. The first-order chi connectivity index (χ1) is 10.3. The number of allylic oxidation sites excluding steroid dienone is 1. The summed E-state index contributed by atoms with van der Waals surface area (Å²) in [5, 5.41) is 3.60. The van der Waals surface area contributed by atoms with E-state index < -0.39 is 0 Å². The van der Waals surface area contributed by atoms with Crippen LogP contribution in [0, 0.1) is 0 Å². The third-order valence-electron chi connectivity index (χ3n) is 5.25. The van der Waals surface area contributed by atoms with Gasteiger partial charge in [0.1, 0.15) is 0 Å². The van der Waals surface area contributed by atoms with Crippen molar-refractivity contribution in [3.8, 4) is 0 Å². The van der Waals surface area contributed by atoms with Crippen LogP contribution in [0.3, 0.4) is 0 Å². The van der Waals surface area contributed by atoms with Gasteiger partial charge in [0.15, 0.2) is 0 Å². The maximum atomic E-state index is 3.98. The van der Waals surface area contributed by atoms with Crippen molar-refractivity contribution in [2.75, 3.05) is 13.1 Å². The lowest BCUT2D eigenvalue weighted by molar-refractivity contribution is 0.459. The van der Waals surface area contributed by atoms with Crippen molar-refractivity contribution < 1.29 is 0 Å². The molecule has 1 aliphatic carbocycles.